The maximum Gasteiger partial charge on any atom is 0.145 e. The Hall–Kier alpha value is -2.14. The van der Waals surface area contributed by atoms with Crippen molar-refractivity contribution < 1.29 is 0 Å². The zero-order valence-electron chi connectivity index (χ0n) is 11.2. The first-order chi connectivity index (χ1) is 9.85. The van der Waals surface area contributed by atoms with Crippen LogP contribution in [0.15, 0.2) is 30.3 Å². The molecule has 0 spiro atoms. The van der Waals surface area contributed by atoms with Crippen LogP contribution in [0.4, 0.5) is 17.3 Å². The minimum atomic E-state index is 0.514. The average Bonchev–Trinajstić information content (AvgIpc) is 3.26. The van der Waals surface area contributed by atoms with Crippen molar-refractivity contribution in [1.82, 2.24) is 9.97 Å². The zero-order chi connectivity index (χ0) is 13.5. The molecule has 0 atom stereocenters. The Kier molecular flexibility index (Phi) is 2.60. The second-order valence-corrected chi connectivity index (χ2v) is 5.42. The second-order valence-electron chi connectivity index (χ2n) is 5.42. The lowest BCUT2D eigenvalue weighted by Gasteiger charge is -2.19. The number of nitrogen functional groups attached to an aromatic ring is 1. The lowest BCUT2D eigenvalue weighted by Crippen LogP contribution is -2.18. The number of aromatic nitrogens is 2. The molecule has 5 heteroatoms. The summed E-state index contributed by atoms with van der Waals surface area (Å²) < 4.78 is 0. The number of nitrogens with one attached hydrogen (secondary N) is 1. The topological polar surface area (TPSA) is 67.1 Å². The fourth-order valence-corrected chi connectivity index (χ4v) is 2.77. The van der Waals surface area contributed by atoms with Crippen molar-refractivity contribution >= 4 is 17.3 Å². The van der Waals surface area contributed by atoms with E-state index in [1.54, 1.807) is 0 Å². The van der Waals surface area contributed by atoms with Crippen molar-refractivity contribution in [2.45, 2.75) is 25.2 Å². The summed E-state index contributed by atoms with van der Waals surface area (Å²) in [4.78, 5) is 11.5. The second kappa shape index (κ2) is 4.45. The Labute approximate surface area is 117 Å². The molecule has 1 aliphatic heterocycles. The number of nitrogens with two attached hydrogens (primary N) is 1. The number of hydrazine groups is 1. The Morgan fingerprint density at radius 3 is 2.85 bits per heavy atom. The third-order valence-electron chi connectivity index (χ3n) is 3.98. The molecule has 0 bridgehead atoms. The molecular weight excluding hydrogens is 250 g/mol. The summed E-state index contributed by atoms with van der Waals surface area (Å²) in [7, 11) is 0. The minimum absolute atomic E-state index is 0.514. The van der Waals surface area contributed by atoms with Gasteiger partial charge in [-0.25, -0.2) is 15.8 Å². The lowest BCUT2D eigenvalue weighted by molar-refractivity contribution is 0.893. The molecule has 1 aromatic carbocycles. The van der Waals surface area contributed by atoms with Crippen LogP contribution in [0.5, 0.6) is 0 Å². The van der Waals surface area contributed by atoms with Gasteiger partial charge in [-0.1, -0.05) is 18.2 Å². The third-order valence-corrected chi connectivity index (χ3v) is 3.98. The Balaban J connectivity index is 1.77. The van der Waals surface area contributed by atoms with E-state index >= 15 is 0 Å². The highest BCUT2D eigenvalue weighted by atomic mass is 15.3. The van der Waals surface area contributed by atoms with Crippen molar-refractivity contribution in [3.05, 3.63) is 41.7 Å². The molecule has 1 aliphatic carbocycles. The summed E-state index contributed by atoms with van der Waals surface area (Å²) in [5, 5.41) is 0. The normalized spacial score (nSPS) is 17.1. The molecule has 0 amide bonds. The van der Waals surface area contributed by atoms with Gasteiger partial charge in [-0.3, -0.25) is 0 Å². The quantitative estimate of drug-likeness (QED) is 0.660. The van der Waals surface area contributed by atoms with Gasteiger partial charge in [0.2, 0.25) is 0 Å². The van der Waals surface area contributed by atoms with Crippen molar-refractivity contribution in [2.24, 2.45) is 5.84 Å². The van der Waals surface area contributed by atoms with Gasteiger partial charge in [-0.15, -0.1) is 0 Å². The summed E-state index contributed by atoms with van der Waals surface area (Å²) >= 11 is 0. The number of anilines is 3. The van der Waals surface area contributed by atoms with E-state index in [9.17, 15) is 0 Å². The van der Waals surface area contributed by atoms with Crippen molar-refractivity contribution in [1.29, 1.82) is 0 Å². The van der Waals surface area contributed by atoms with Crippen LogP contribution >= 0.6 is 0 Å². The number of hydrogen-bond donors (Lipinski definition) is 2. The van der Waals surface area contributed by atoms with Gasteiger partial charge in [0.15, 0.2) is 0 Å². The third kappa shape index (κ3) is 1.91. The number of fused-ring (bicyclic) bond motifs is 1. The molecule has 2 aliphatic rings. The lowest BCUT2D eigenvalue weighted by atomic mass is 10.2. The van der Waals surface area contributed by atoms with Gasteiger partial charge in [0, 0.05) is 24.2 Å². The van der Waals surface area contributed by atoms with Crippen molar-refractivity contribution in [2.75, 3.05) is 16.9 Å². The summed E-state index contributed by atoms with van der Waals surface area (Å²) in [6, 6.07) is 10.4. The minimum Gasteiger partial charge on any atom is -0.326 e. The molecule has 0 radical (unpaired) electrons. The van der Waals surface area contributed by atoms with E-state index < -0.39 is 0 Å². The molecule has 20 heavy (non-hydrogen) atoms. The fraction of sp³-hybridized carbons (Fsp3) is 0.333. The summed E-state index contributed by atoms with van der Waals surface area (Å²) in [5.74, 6) is 8.61. The van der Waals surface area contributed by atoms with Crippen LogP contribution in [0, 0.1) is 0 Å². The van der Waals surface area contributed by atoms with E-state index in [4.69, 9.17) is 10.8 Å². The van der Waals surface area contributed by atoms with E-state index in [1.807, 2.05) is 6.07 Å². The highest BCUT2D eigenvalue weighted by molar-refractivity contribution is 5.68. The van der Waals surface area contributed by atoms with Crippen LogP contribution < -0.4 is 16.2 Å². The molecule has 1 fully saturated rings. The van der Waals surface area contributed by atoms with Gasteiger partial charge in [0.1, 0.15) is 17.5 Å². The summed E-state index contributed by atoms with van der Waals surface area (Å²) in [5.41, 5.74) is 5.28. The Morgan fingerprint density at radius 2 is 2.05 bits per heavy atom. The van der Waals surface area contributed by atoms with E-state index in [1.165, 1.54) is 24.1 Å². The Morgan fingerprint density at radius 1 is 1.20 bits per heavy atom. The predicted octanol–water partition coefficient (Wildman–Crippen LogP) is 2.33. The van der Waals surface area contributed by atoms with E-state index in [-0.39, 0.29) is 0 Å². The maximum absolute atomic E-state index is 5.54. The van der Waals surface area contributed by atoms with Gasteiger partial charge in [-0.05, 0) is 30.9 Å². The van der Waals surface area contributed by atoms with Crippen molar-refractivity contribution in [3.8, 4) is 0 Å². The number of hydrogen-bond acceptors (Lipinski definition) is 5. The number of nitrogens with zero attached hydrogens (tertiary/aromatic N) is 3. The molecule has 0 saturated heterocycles. The molecule has 1 aromatic heterocycles. The van der Waals surface area contributed by atoms with Crippen LogP contribution in [-0.2, 0) is 6.42 Å². The number of rotatable bonds is 3. The molecule has 2 aromatic rings. The van der Waals surface area contributed by atoms with Crippen LogP contribution in [-0.4, -0.2) is 16.5 Å². The largest absolute Gasteiger partial charge is 0.326 e. The summed E-state index contributed by atoms with van der Waals surface area (Å²) in [6.07, 6.45) is 3.43. The van der Waals surface area contributed by atoms with Gasteiger partial charge in [0.25, 0.3) is 0 Å². The van der Waals surface area contributed by atoms with E-state index in [2.05, 4.69) is 39.6 Å². The predicted molar refractivity (Wildman–Crippen MR) is 79.0 cm³/mol. The molecule has 0 unspecified atom stereocenters. The van der Waals surface area contributed by atoms with Crippen molar-refractivity contribution in [3.63, 3.8) is 0 Å². The molecule has 5 nitrogen and oxygen atoms in total. The highest BCUT2D eigenvalue weighted by Crippen LogP contribution is 2.40. The van der Waals surface area contributed by atoms with Crippen LogP contribution in [0.25, 0.3) is 0 Å². The van der Waals surface area contributed by atoms with E-state index in [0.29, 0.717) is 11.7 Å². The first-order valence-corrected chi connectivity index (χ1v) is 7.06. The first kappa shape index (κ1) is 11.7. The SMILES string of the molecule is NNc1cc(N2CCc3ccccc32)nc(C2CC2)n1. The monoisotopic (exact) mass is 267 g/mol. The molecule has 2 heterocycles. The van der Waals surface area contributed by atoms with E-state index in [0.717, 1.165) is 24.6 Å². The van der Waals surface area contributed by atoms with Gasteiger partial charge in [-0.2, -0.15) is 0 Å². The van der Waals surface area contributed by atoms with Gasteiger partial charge in [0.05, 0.1) is 0 Å². The fourth-order valence-electron chi connectivity index (χ4n) is 2.77. The molecule has 102 valence electrons. The van der Waals surface area contributed by atoms with Crippen LogP contribution in [0.2, 0.25) is 0 Å². The van der Waals surface area contributed by atoms with Gasteiger partial charge >= 0.3 is 0 Å². The number of para-hydroxylation sites is 1. The number of benzene rings is 1. The maximum atomic E-state index is 5.54. The average molecular weight is 267 g/mol. The zero-order valence-corrected chi connectivity index (χ0v) is 11.2. The summed E-state index contributed by atoms with van der Waals surface area (Å²) in [6.45, 7) is 0.963. The smallest absolute Gasteiger partial charge is 0.145 e. The molecule has 1 saturated carbocycles. The standard InChI is InChI=1S/C15H17N5/c16-19-13-9-14(18-15(17-13)11-5-6-11)20-8-7-10-3-1-2-4-12(10)20/h1-4,9,11H,5-8,16H2,(H,17,18,19). The highest BCUT2D eigenvalue weighted by Gasteiger charge is 2.29. The molecule has 3 N–H and O–H groups in total. The van der Waals surface area contributed by atoms with Gasteiger partial charge < -0.3 is 10.3 Å². The Bertz CT molecular complexity index is 650. The molecule has 4 rings (SSSR count). The first-order valence-electron chi connectivity index (χ1n) is 7.06. The van der Waals surface area contributed by atoms with Crippen LogP contribution in [0.1, 0.15) is 30.1 Å². The van der Waals surface area contributed by atoms with Crippen LogP contribution in [0.3, 0.4) is 0 Å². The molecular formula is C15H17N5.